The van der Waals surface area contributed by atoms with Crippen LogP contribution in [0.1, 0.15) is 25.0 Å². The molecule has 0 aliphatic heterocycles. The SMILES string of the molecule is CC(N)C(=O)NCc1cccc(CNC(=O)C(C)N)c1. The summed E-state index contributed by atoms with van der Waals surface area (Å²) < 4.78 is 0. The van der Waals surface area contributed by atoms with E-state index in [2.05, 4.69) is 10.6 Å². The minimum absolute atomic E-state index is 0.194. The van der Waals surface area contributed by atoms with Crippen molar-refractivity contribution in [2.75, 3.05) is 0 Å². The number of hydrogen-bond acceptors (Lipinski definition) is 4. The van der Waals surface area contributed by atoms with E-state index in [0.29, 0.717) is 13.1 Å². The van der Waals surface area contributed by atoms with Crippen LogP contribution in [0.2, 0.25) is 0 Å². The molecule has 1 aromatic carbocycles. The molecule has 2 atom stereocenters. The molecule has 0 bridgehead atoms. The second-order valence-corrected chi connectivity index (χ2v) is 4.83. The number of rotatable bonds is 6. The minimum Gasteiger partial charge on any atom is -0.351 e. The van der Waals surface area contributed by atoms with E-state index in [4.69, 9.17) is 11.5 Å². The lowest BCUT2D eigenvalue weighted by Gasteiger charge is -2.10. The van der Waals surface area contributed by atoms with E-state index in [9.17, 15) is 9.59 Å². The quantitative estimate of drug-likeness (QED) is 0.568. The van der Waals surface area contributed by atoms with Gasteiger partial charge in [0.2, 0.25) is 11.8 Å². The van der Waals surface area contributed by atoms with Crippen LogP contribution in [-0.2, 0) is 22.7 Å². The molecule has 0 spiro atoms. The number of benzene rings is 1. The second-order valence-electron chi connectivity index (χ2n) is 4.83. The van der Waals surface area contributed by atoms with Crippen molar-refractivity contribution in [2.45, 2.75) is 39.0 Å². The van der Waals surface area contributed by atoms with Crippen LogP contribution in [0.25, 0.3) is 0 Å². The molecule has 20 heavy (non-hydrogen) atoms. The lowest BCUT2D eigenvalue weighted by atomic mass is 10.1. The van der Waals surface area contributed by atoms with Gasteiger partial charge in [0.15, 0.2) is 0 Å². The van der Waals surface area contributed by atoms with Gasteiger partial charge >= 0.3 is 0 Å². The van der Waals surface area contributed by atoms with Gasteiger partial charge in [0.1, 0.15) is 0 Å². The Labute approximate surface area is 118 Å². The Morgan fingerprint density at radius 3 is 1.75 bits per heavy atom. The summed E-state index contributed by atoms with van der Waals surface area (Å²) in [6.45, 7) is 4.09. The Kier molecular flexibility index (Phi) is 6.14. The van der Waals surface area contributed by atoms with Crippen molar-refractivity contribution < 1.29 is 9.59 Å². The van der Waals surface area contributed by atoms with Gasteiger partial charge in [-0.3, -0.25) is 9.59 Å². The van der Waals surface area contributed by atoms with Crippen LogP contribution in [0.15, 0.2) is 24.3 Å². The normalized spacial score (nSPS) is 13.4. The molecule has 2 amide bonds. The van der Waals surface area contributed by atoms with E-state index in [1.165, 1.54) is 0 Å². The number of carbonyl (C=O) groups excluding carboxylic acids is 2. The highest BCUT2D eigenvalue weighted by Crippen LogP contribution is 2.05. The van der Waals surface area contributed by atoms with Gasteiger partial charge in [-0.05, 0) is 25.0 Å². The van der Waals surface area contributed by atoms with Gasteiger partial charge in [-0.2, -0.15) is 0 Å². The third-order valence-electron chi connectivity index (χ3n) is 2.75. The second kappa shape index (κ2) is 7.62. The lowest BCUT2D eigenvalue weighted by Crippen LogP contribution is -2.38. The van der Waals surface area contributed by atoms with Crippen LogP contribution in [0.3, 0.4) is 0 Å². The number of nitrogens with one attached hydrogen (secondary N) is 2. The maximum Gasteiger partial charge on any atom is 0.236 e. The van der Waals surface area contributed by atoms with Crippen LogP contribution < -0.4 is 22.1 Å². The molecule has 0 heterocycles. The number of hydrogen-bond donors (Lipinski definition) is 4. The van der Waals surface area contributed by atoms with Gasteiger partial charge < -0.3 is 22.1 Å². The molecular weight excluding hydrogens is 256 g/mol. The largest absolute Gasteiger partial charge is 0.351 e. The zero-order chi connectivity index (χ0) is 15.1. The topological polar surface area (TPSA) is 110 Å². The third-order valence-corrected chi connectivity index (χ3v) is 2.75. The van der Waals surface area contributed by atoms with Crippen molar-refractivity contribution in [1.82, 2.24) is 10.6 Å². The highest BCUT2D eigenvalue weighted by Gasteiger charge is 2.08. The summed E-state index contributed by atoms with van der Waals surface area (Å²) in [5.41, 5.74) is 12.8. The summed E-state index contributed by atoms with van der Waals surface area (Å²) in [4.78, 5) is 22.8. The summed E-state index contributed by atoms with van der Waals surface area (Å²) in [6, 6.07) is 6.55. The number of nitrogens with two attached hydrogens (primary N) is 2. The first-order valence-electron chi connectivity index (χ1n) is 6.54. The van der Waals surface area contributed by atoms with Crippen LogP contribution in [0.5, 0.6) is 0 Å². The van der Waals surface area contributed by atoms with E-state index >= 15 is 0 Å². The number of carbonyl (C=O) groups is 2. The average molecular weight is 278 g/mol. The highest BCUT2D eigenvalue weighted by atomic mass is 16.2. The smallest absolute Gasteiger partial charge is 0.236 e. The number of amides is 2. The molecule has 0 saturated carbocycles. The molecule has 6 heteroatoms. The molecule has 6 nitrogen and oxygen atoms in total. The first-order chi connectivity index (χ1) is 9.40. The van der Waals surface area contributed by atoms with Crippen LogP contribution in [0.4, 0.5) is 0 Å². The summed E-state index contributed by atoms with van der Waals surface area (Å²) in [5, 5.41) is 5.47. The van der Waals surface area contributed by atoms with Crippen molar-refractivity contribution in [3.8, 4) is 0 Å². The van der Waals surface area contributed by atoms with E-state index in [1.54, 1.807) is 13.8 Å². The van der Waals surface area contributed by atoms with Crippen LogP contribution >= 0.6 is 0 Å². The zero-order valence-electron chi connectivity index (χ0n) is 11.8. The standard InChI is InChI=1S/C14H22N4O2/c1-9(15)13(19)17-7-11-4-3-5-12(6-11)8-18-14(20)10(2)16/h3-6,9-10H,7-8,15-16H2,1-2H3,(H,17,19)(H,18,20). The predicted molar refractivity (Wildman–Crippen MR) is 77.4 cm³/mol. The van der Waals surface area contributed by atoms with E-state index in [-0.39, 0.29) is 11.8 Å². The maximum absolute atomic E-state index is 11.4. The molecule has 0 aliphatic carbocycles. The van der Waals surface area contributed by atoms with Crippen molar-refractivity contribution in [1.29, 1.82) is 0 Å². The molecular formula is C14H22N4O2. The van der Waals surface area contributed by atoms with Gasteiger partial charge in [-0.25, -0.2) is 0 Å². The Balaban J connectivity index is 2.53. The van der Waals surface area contributed by atoms with Crippen LogP contribution in [-0.4, -0.2) is 23.9 Å². The van der Waals surface area contributed by atoms with E-state index in [1.807, 2.05) is 24.3 Å². The van der Waals surface area contributed by atoms with Crippen molar-refractivity contribution in [3.63, 3.8) is 0 Å². The molecule has 1 aromatic rings. The first-order valence-corrected chi connectivity index (χ1v) is 6.54. The predicted octanol–water partition coefficient (Wildman–Crippen LogP) is -0.387. The first kappa shape index (κ1) is 16.1. The Bertz CT molecular complexity index is 433. The molecule has 0 aliphatic rings. The fraction of sp³-hybridized carbons (Fsp3) is 0.429. The summed E-state index contributed by atoms with van der Waals surface area (Å²) in [7, 11) is 0. The minimum atomic E-state index is -0.525. The Morgan fingerprint density at radius 1 is 1.00 bits per heavy atom. The van der Waals surface area contributed by atoms with E-state index < -0.39 is 12.1 Å². The van der Waals surface area contributed by atoms with Gasteiger partial charge in [0.25, 0.3) is 0 Å². The van der Waals surface area contributed by atoms with Crippen LogP contribution in [0, 0.1) is 0 Å². The van der Waals surface area contributed by atoms with Crippen molar-refractivity contribution in [2.24, 2.45) is 11.5 Å². The molecule has 0 fully saturated rings. The summed E-state index contributed by atoms with van der Waals surface area (Å²) in [5.74, 6) is -0.388. The highest BCUT2D eigenvalue weighted by molar-refractivity contribution is 5.81. The lowest BCUT2D eigenvalue weighted by molar-refractivity contribution is -0.122. The van der Waals surface area contributed by atoms with Gasteiger partial charge in [0, 0.05) is 13.1 Å². The van der Waals surface area contributed by atoms with Crippen molar-refractivity contribution >= 4 is 11.8 Å². The monoisotopic (exact) mass is 278 g/mol. The summed E-state index contributed by atoms with van der Waals surface area (Å²) >= 11 is 0. The Morgan fingerprint density at radius 2 is 1.40 bits per heavy atom. The van der Waals surface area contributed by atoms with Gasteiger partial charge in [-0.15, -0.1) is 0 Å². The third kappa shape index (κ3) is 5.38. The van der Waals surface area contributed by atoms with Gasteiger partial charge in [-0.1, -0.05) is 24.3 Å². The summed E-state index contributed by atoms with van der Waals surface area (Å²) in [6.07, 6.45) is 0. The molecule has 1 rings (SSSR count). The molecule has 0 aromatic heterocycles. The van der Waals surface area contributed by atoms with Gasteiger partial charge in [0.05, 0.1) is 12.1 Å². The fourth-order valence-corrected chi connectivity index (χ4v) is 1.55. The van der Waals surface area contributed by atoms with E-state index in [0.717, 1.165) is 11.1 Å². The molecule has 110 valence electrons. The zero-order valence-corrected chi connectivity index (χ0v) is 11.8. The Hall–Kier alpha value is -1.92. The maximum atomic E-state index is 11.4. The molecule has 0 saturated heterocycles. The molecule has 2 unspecified atom stereocenters. The molecule has 6 N–H and O–H groups in total. The average Bonchev–Trinajstić information content (AvgIpc) is 2.42. The molecule has 0 radical (unpaired) electrons. The fourth-order valence-electron chi connectivity index (χ4n) is 1.55. The van der Waals surface area contributed by atoms with Crippen molar-refractivity contribution in [3.05, 3.63) is 35.4 Å².